The summed E-state index contributed by atoms with van der Waals surface area (Å²) in [5, 5.41) is 0.151. The van der Waals surface area contributed by atoms with Gasteiger partial charge in [0.25, 0.3) is 5.91 Å². The zero-order valence-corrected chi connectivity index (χ0v) is 24.8. The number of benzene rings is 1. The Bertz CT molecular complexity index is 1210. The quantitative estimate of drug-likeness (QED) is 0.425. The van der Waals surface area contributed by atoms with Gasteiger partial charge in [0.1, 0.15) is 17.8 Å². The van der Waals surface area contributed by atoms with Gasteiger partial charge >= 0.3 is 6.36 Å². The Morgan fingerprint density at radius 1 is 1.13 bits per heavy atom. The van der Waals surface area contributed by atoms with Gasteiger partial charge in [-0.05, 0) is 65.8 Å². The Kier molecular flexibility index (Phi) is 7.94. The number of carbonyl (C=O) groups excluding carboxylic acids is 2. The molecule has 2 aromatic rings. The van der Waals surface area contributed by atoms with Crippen LogP contribution < -0.4 is 4.74 Å². The van der Waals surface area contributed by atoms with Crippen molar-refractivity contribution < 1.29 is 31.9 Å². The molecule has 0 atom stereocenters. The molecule has 1 aliphatic heterocycles. The van der Waals surface area contributed by atoms with E-state index in [-0.39, 0.29) is 45.4 Å². The number of H-pyrrole nitrogens is 1. The number of rotatable bonds is 5. The van der Waals surface area contributed by atoms with Crippen molar-refractivity contribution in [2.45, 2.75) is 83.1 Å². The van der Waals surface area contributed by atoms with Crippen LogP contribution in [-0.4, -0.2) is 78.0 Å². The van der Waals surface area contributed by atoms with Gasteiger partial charge in [0.2, 0.25) is 5.91 Å². The summed E-state index contributed by atoms with van der Waals surface area (Å²) >= 11 is 3.18. The van der Waals surface area contributed by atoms with Gasteiger partial charge in [0, 0.05) is 35.8 Å². The van der Waals surface area contributed by atoms with E-state index in [9.17, 15) is 22.8 Å². The van der Waals surface area contributed by atoms with E-state index in [2.05, 4.69) is 64.5 Å². The second kappa shape index (κ2) is 10.5. The van der Waals surface area contributed by atoms with Crippen LogP contribution in [0.2, 0.25) is 18.1 Å². The largest absolute Gasteiger partial charge is 0.573 e. The lowest BCUT2D eigenvalue weighted by molar-refractivity contribution is -0.274. The number of halogens is 4. The third kappa shape index (κ3) is 6.36. The number of ether oxygens (including phenoxy) is 1. The fraction of sp³-hybridized carbons (Fsp3) is 0.640. The zero-order valence-electron chi connectivity index (χ0n) is 22.2. The number of carbonyl (C=O) groups is 2. The molecule has 1 aliphatic carbocycles. The average Bonchev–Trinajstić information content (AvgIpc) is 3.22. The SMILES string of the molecule is CC(C)(C)[Si](C)(C)O[C@H]1CC[C@H](N2CCN(C(=O)c3nc4c(Br)cc(OC(F)(F)F)cc4[nH]3)CC2=O)CC1. The Morgan fingerprint density at radius 2 is 1.79 bits per heavy atom. The Balaban J connectivity index is 1.36. The van der Waals surface area contributed by atoms with Crippen molar-refractivity contribution >= 4 is 47.1 Å². The number of alkyl halides is 3. The molecule has 4 rings (SSSR count). The van der Waals surface area contributed by atoms with Crippen molar-refractivity contribution in [2.75, 3.05) is 19.6 Å². The summed E-state index contributed by atoms with van der Waals surface area (Å²) < 4.78 is 48.6. The van der Waals surface area contributed by atoms with Gasteiger partial charge in [-0.1, -0.05) is 20.8 Å². The number of hydrogen-bond donors (Lipinski definition) is 1. The zero-order chi connectivity index (χ0) is 28.0. The van der Waals surface area contributed by atoms with Crippen LogP contribution in [0.3, 0.4) is 0 Å². The lowest BCUT2D eigenvalue weighted by Gasteiger charge is -2.44. The third-order valence-corrected chi connectivity index (χ3v) is 13.0. The number of nitrogens with one attached hydrogen (secondary N) is 1. The Hall–Kier alpha value is -2.12. The van der Waals surface area contributed by atoms with Crippen LogP contribution in [0.15, 0.2) is 16.6 Å². The smallest absolute Gasteiger partial charge is 0.414 e. The number of aromatic nitrogens is 2. The molecule has 38 heavy (non-hydrogen) atoms. The van der Waals surface area contributed by atoms with Crippen molar-refractivity contribution in [3.8, 4) is 5.75 Å². The molecule has 13 heteroatoms. The van der Waals surface area contributed by atoms with Gasteiger partial charge in [-0.2, -0.15) is 0 Å². The molecule has 1 aromatic heterocycles. The average molecular weight is 620 g/mol. The number of aromatic amines is 1. The summed E-state index contributed by atoms with van der Waals surface area (Å²) in [4.78, 5) is 36.4. The second-order valence-electron chi connectivity index (χ2n) is 11.6. The highest BCUT2D eigenvalue weighted by molar-refractivity contribution is 9.10. The highest BCUT2D eigenvalue weighted by Crippen LogP contribution is 2.39. The van der Waals surface area contributed by atoms with E-state index in [0.29, 0.717) is 18.6 Å². The normalized spacial score (nSPS) is 21.8. The van der Waals surface area contributed by atoms with Gasteiger partial charge < -0.3 is 23.9 Å². The summed E-state index contributed by atoms with van der Waals surface area (Å²) in [7, 11) is -1.84. The third-order valence-electron chi connectivity index (χ3n) is 7.85. The highest BCUT2D eigenvalue weighted by Gasteiger charge is 2.41. The summed E-state index contributed by atoms with van der Waals surface area (Å²) in [5.74, 6) is -1.08. The molecule has 2 heterocycles. The van der Waals surface area contributed by atoms with E-state index in [1.165, 1.54) is 4.90 Å². The first-order valence-corrected chi connectivity index (χ1v) is 16.5. The number of piperazine rings is 1. The van der Waals surface area contributed by atoms with E-state index in [0.717, 1.165) is 37.8 Å². The van der Waals surface area contributed by atoms with Crippen molar-refractivity contribution in [3.63, 3.8) is 0 Å². The van der Waals surface area contributed by atoms with Crippen LogP contribution in [-0.2, 0) is 9.22 Å². The molecule has 2 amide bonds. The van der Waals surface area contributed by atoms with E-state index >= 15 is 0 Å². The minimum absolute atomic E-state index is 0.0469. The molecular formula is C25H34BrF3N4O4Si. The molecule has 1 saturated heterocycles. The number of hydrogen-bond acceptors (Lipinski definition) is 5. The first kappa shape index (κ1) is 28.9. The molecule has 0 spiro atoms. The molecule has 8 nitrogen and oxygen atoms in total. The Morgan fingerprint density at radius 3 is 2.37 bits per heavy atom. The van der Waals surface area contributed by atoms with Gasteiger partial charge in [-0.15, -0.1) is 13.2 Å². The standard InChI is InChI=1S/C25H34BrF3N4O4Si/c1-24(2,3)38(4,5)37-16-8-6-15(7-9-16)33-11-10-32(14-20(33)34)23(35)22-30-19-13-17(36-25(27,28)29)12-18(26)21(19)31-22/h12-13,15-16H,6-11,14H2,1-5H3,(H,30,31)/t15-,16-. The minimum atomic E-state index is -4.84. The van der Waals surface area contributed by atoms with Crippen LogP contribution in [0.4, 0.5) is 13.2 Å². The topological polar surface area (TPSA) is 87.8 Å². The molecule has 1 saturated carbocycles. The fourth-order valence-corrected chi connectivity index (χ4v) is 6.76. The van der Waals surface area contributed by atoms with Crippen LogP contribution in [0.1, 0.15) is 57.1 Å². The van der Waals surface area contributed by atoms with Crippen molar-refractivity contribution in [2.24, 2.45) is 0 Å². The van der Waals surface area contributed by atoms with E-state index < -0.39 is 26.3 Å². The number of amides is 2. The van der Waals surface area contributed by atoms with E-state index in [1.807, 2.05) is 4.90 Å². The van der Waals surface area contributed by atoms with Crippen molar-refractivity contribution in [1.29, 1.82) is 0 Å². The van der Waals surface area contributed by atoms with Crippen LogP contribution >= 0.6 is 15.9 Å². The monoisotopic (exact) mass is 618 g/mol. The molecule has 210 valence electrons. The van der Waals surface area contributed by atoms with Gasteiger partial charge in [0.15, 0.2) is 14.1 Å². The predicted octanol–water partition coefficient (Wildman–Crippen LogP) is 5.84. The molecule has 2 fully saturated rings. The molecule has 0 radical (unpaired) electrons. The number of imidazole rings is 1. The lowest BCUT2D eigenvalue weighted by Crippen LogP contribution is -2.56. The lowest BCUT2D eigenvalue weighted by atomic mass is 9.91. The first-order valence-electron chi connectivity index (χ1n) is 12.8. The summed E-state index contributed by atoms with van der Waals surface area (Å²) in [6.07, 6.45) is -1.05. The van der Waals surface area contributed by atoms with E-state index in [1.54, 1.807) is 0 Å². The minimum Gasteiger partial charge on any atom is -0.414 e. The maximum atomic E-state index is 13.1. The van der Waals surface area contributed by atoms with E-state index in [4.69, 9.17) is 4.43 Å². The summed E-state index contributed by atoms with van der Waals surface area (Å²) in [6.45, 7) is 11.9. The van der Waals surface area contributed by atoms with Crippen molar-refractivity contribution in [3.05, 3.63) is 22.4 Å². The number of nitrogens with zero attached hydrogens (tertiary/aromatic N) is 3. The Labute approximate surface area is 229 Å². The predicted molar refractivity (Wildman–Crippen MR) is 142 cm³/mol. The summed E-state index contributed by atoms with van der Waals surface area (Å²) in [6, 6.07) is 2.40. The summed E-state index contributed by atoms with van der Waals surface area (Å²) in [5.41, 5.74) is 0.508. The maximum absolute atomic E-state index is 13.1. The molecule has 1 N–H and O–H groups in total. The first-order chi connectivity index (χ1) is 17.5. The van der Waals surface area contributed by atoms with Gasteiger partial charge in [-0.25, -0.2) is 4.98 Å². The molecule has 0 unspecified atom stereocenters. The maximum Gasteiger partial charge on any atom is 0.573 e. The second-order valence-corrected chi connectivity index (χ2v) is 17.2. The van der Waals surface area contributed by atoms with Crippen molar-refractivity contribution in [1.82, 2.24) is 19.8 Å². The van der Waals surface area contributed by atoms with Crippen LogP contribution in [0.5, 0.6) is 5.75 Å². The fourth-order valence-electron chi connectivity index (χ4n) is 4.81. The van der Waals surface area contributed by atoms with Crippen LogP contribution in [0, 0.1) is 0 Å². The highest BCUT2D eigenvalue weighted by atomic mass is 79.9. The molecule has 2 aliphatic rings. The van der Waals surface area contributed by atoms with Crippen LogP contribution in [0.25, 0.3) is 11.0 Å². The van der Waals surface area contributed by atoms with Gasteiger partial charge in [-0.3, -0.25) is 9.59 Å². The molecule has 0 bridgehead atoms. The number of fused-ring (bicyclic) bond motifs is 1. The molecule has 1 aromatic carbocycles. The molecular weight excluding hydrogens is 585 g/mol. The van der Waals surface area contributed by atoms with Gasteiger partial charge in [0.05, 0.1) is 5.52 Å².